The Labute approximate surface area is 108 Å². The monoisotopic (exact) mass is 248 g/mol. The van der Waals surface area contributed by atoms with Crippen molar-refractivity contribution in [3.05, 3.63) is 24.3 Å². The van der Waals surface area contributed by atoms with Crippen molar-refractivity contribution in [1.29, 1.82) is 0 Å². The average Bonchev–Trinajstić information content (AvgIpc) is 3.08. The fourth-order valence-corrected chi connectivity index (χ4v) is 1.86. The van der Waals surface area contributed by atoms with Crippen LogP contribution < -0.4 is 15.8 Å². The number of hydrogen-bond donors (Lipinski definition) is 2. The first-order valence-electron chi connectivity index (χ1n) is 6.27. The molecule has 4 nitrogen and oxygen atoms in total. The van der Waals surface area contributed by atoms with Crippen LogP contribution in [0.25, 0.3) is 0 Å². The molecule has 1 aromatic carbocycles. The summed E-state index contributed by atoms with van der Waals surface area (Å²) in [5.41, 5.74) is 6.53. The van der Waals surface area contributed by atoms with Crippen LogP contribution in [-0.4, -0.2) is 18.6 Å². The van der Waals surface area contributed by atoms with Gasteiger partial charge in [0.05, 0.1) is 0 Å². The summed E-state index contributed by atoms with van der Waals surface area (Å²) in [4.78, 5) is 10.6. The van der Waals surface area contributed by atoms with E-state index in [2.05, 4.69) is 19.2 Å². The summed E-state index contributed by atoms with van der Waals surface area (Å²) >= 11 is 0. The Hall–Kier alpha value is -1.71. The lowest BCUT2D eigenvalue weighted by molar-refractivity contribution is -0.119. The number of nitrogens with one attached hydrogen (secondary N) is 1. The minimum absolute atomic E-state index is 0.0821. The van der Waals surface area contributed by atoms with Crippen molar-refractivity contribution in [2.45, 2.75) is 32.7 Å². The summed E-state index contributed by atoms with van der Waals surface area (Å²) in [7, 11) is 0. The summed E-state index contributed by atoms with van der Waals surface area (Å²) in [6, 6.07) is 8.06. The number of carbonyl (C=O) groups excluding carboxylic acids is 1. The van der Waals surface area contributed by atoms with Gasteiger partial charge in [0.15, 0.2) is 6.61 Å². The van der Waals surface area contributed by atoms with E-state index in [4.69, 9.17) is 10.5 Å². The molecule has 98 valence electrons. The van der Waals surface area contributed by atoms with Crippen molar-refractivity contribution in [1.82, 2.24) is 0 Å². The summed E-state index contributed by atoms with van der Waals surface area (Å²) in [6.45, 7) is 4.43. The Kier molecular flexibility index (Phi) is 3.45. The van der Waals surface area contributed by atoms with Gasteiger partial charge in [-0.25, -0.2) is 0 Å². The summed E-state index contributed by atoms with van der Waals surface area (Å²) < 4.78 is 5.20. The molecule has 1 aliphatic carbocycles. The molecule has 18 heavy (non-hydrogen) atoms. The van der Waals surface area contributed by atoms with Crippen LogP contribution in [0.1, 0.15) is 26.7 Å². The molecule has 0 bridgehead atoms. The van der Waals surface area contributed by atoms with Gasteiger partial charge in [0, 0.05) is 11.7 Å². The second-order valence-electron chi connectivity index (χ2n) is 5.30. The van der Waals surface area contributed by atoms with Crippen LogP contribution in [0.3, 0.4) is 0 Å². The summed E-state index contributed by atoms with van der Waals surface area (Å²) in [5.74, 6) is 0.192. The average molecular weight is 248 g/mol. The molecule has 4 heteroatoms. The number of primary amides is 1. The molecule has 1 saturated carbocycles. The van der Waals surface area contributed by atoms with Crippen LogP contribution in [0.5, 0.6) is 5.75 Å². The lowest BCUT2D eigenvalue weighted by atomic mass is 10.0. The first-order valence-corrected chi connectivity index (χ1v) is 6.27. The van der Waals surface area contributed by atoms with Crippen molar-refractivity contribution in [3.63, 3.8) is 0 Å². The highest BCUT2D eigenvalue weighted by molar-refractivity contribution is 5.75. The number of anilines is 1. The molecule has 0 saturated heterocycles. The van der Waals surface area contributed by atoms with Gasteiger partial charge in [-0.15, -0.1) is 0 Å². The molecular weight excluding hydrogens is 228 g/mol. The molecule has 0 heterocycles. The van der Waals surface area contributed by atoms with E-state index in [1.165, 1.54) is 12.8 Å². The van der Waals surface area contributed by atoms with E-state index < -0.39 is 5.91 Å². The second kappa shape index (κ2) is 4.88. The van der Waals surface area contributed by atoms with Gasteiger partial charge in [-0.3, -0.25) is 4.79 Å². The predicted molar refractivity (Wildman–Crippen MR) is 71.6 cm³/mol. The maximum atomic E-state index is 10.6. The highest BCUT2D eigenvalue weighted by atomic mass is 16.5. The molecule has 2 rings (SSSR count). The number of rotatable bonds is 6. The number of benzene rings is 1. The number of carbonyl (C=O) groups is 1. The zero-order valence-electron chi connectivity index (χ0n) is 10.9. The molecular formula is C14H20N2O2. The molecule has 1 aromatic rings. The Morgan fingerprint density at radius 2 is 2.06 bits per heavy atom. The molecule has 0 aliphatic heterocycles. The minimum atomic E-state index is -0.465. The highest BCUT2D eigenvalue weighted by Gasteiger charge is 2.42. The largest absolute Gasteiger partial charge is 0.484 e. The smallest absolute Gasteiger partial charge is 0.255 e. The van der Waals surface area contributed by atoms with Crippen LogP contribution in [0, 0.1) is 5.41 Å². The third kappa shape index (κ3) is 3.15. The number of ether oxygens (including phenoxy) is 1. The SMILES string of the molecule is CC(Nc1ccc(OCC(N)=O)cc1)C1(C)CC1. The molecule has 0 aromatic heterocycles. The third-order valence-corrected chi connectivity index (χ3v) is 3.70. The lowest BCUT2D eigenvalue weighted by Gasteiger charge is -2.21. The molecule has 0 radical (unpaired) electrons. The van der Waals surface area contributed by atoms with E-state index in [-0.39, 0.29) is 6.61 Å². The normalized spacial score (nSPS) is 17.9. The number of hydrogen-bond acceptors (Lipinski definition) is 3. The second-order valence-corrected chi connectivity index (χ2v) is 5.30. The Balaban J connectivity index is 1.89. The Morgan fingerprint density at radius 3 is 2.56 bits per heavy atom. The Morgan fingerprint density at radius 1 is 1.44 bits per heavy atom. The van der Waals surface area contributed by atoms with Crippen LogP contribution >= 0.6 is 0 Å². The van der Waals surface area contributed by atoms with Crippen molar-refractivity contribution in [3.8, 4) is 5.75 Å². The predicted octanol–water partition coefficient (Wildman–Crippen LogP) is 2.15. The Bertz CT molecular complexity index is 424. The minimum Gasteiger partial charge on any atom is -0.484 e. The van der Waals surface area contributed by atoms with Crippen LogP contribution in [0.15, 0.2) is 24.3 Å². The molecule has 1 atom stereocenters. The van der Waals surface area contributed by atoms with Crippen molar-refractivity contribution in [2.24, 2.45) is 11.1 Å². The van der Waals surface area contributed by atoms with E-state index in [0.717, 1.165) is 5.69 Å². The zero-order valence-corrected chi connectivity index (χ0v) is 10.9. The molecule has 0 spiro atoms. The van der Waals surface area contributed by atoms with Crippen molar-refractivity contribution in [2.75, 3.05) is 11.9 Å². The van der Waals surface area contributed by atoms with Gasteiger partial charge in [-0.1, -0.05) is 6.92 Å². The fourth-order valence-electron chi connectivity index (χ4n) is 1.86. The van der Waals surface area contributed by atoms with Gasteiger partial charge in [0.2, 0.25) is 0 Å². The standard InChI is InChI=1S/C14H20N2O2/c1-10(14(2)7-8-14)16-11-3-5-12(6-4-11)18-9-13(15)17/h3-6,10,16H,7-9H2,1-2H3,(H2,15,17). The van der Waals surface area contributed by atoms with E-state index in [9.17, 15) is 4.79 Å². The van der Waals surface area contributed by atoms with Crippen LogP contribution in [-0.2, 0) is 4.79 Å². The third-order valence-electron chi connectivity index (χ3n) is 3.70. The number of amides is 1. The fraction of sp³-hybridized carbons (Fsp3) is 0.500. The van der Waals surface area contributed by atoms with E-state index in [1.807, 2.05) is 24.3 Å². The van der Waals surface area contributed by atoms with Gasteiger partial charge < -0.3 is 15.8 Å². The molecule has 3 N–H and O–H groups in total. The van der Waals surface area contributed by atoms with Gasteiger partial charge in [0.25, 0.3) is 5.91 Å². The summed E-state index contributed by atoms with van der Waals surface area (Å²) in [5, 5.41) is 3.49. The first kappa shape index (κ1) is 12.7. The van der Waals surface area contributed by atoms with Crippen LogP contribution in [0.2, 0.25) is 0 Å². The lowest BCUT2D eigenvalue weighted by Crippen LogP contribution is -2.24. The van der Waals surface area contributed by atoms with E-state index >= 15 is 0 Å². The molecule has 1 amide bonds. The topological polar surface area (TPSA) is 64.3 Å². The van der Waals surface area contributed by atoms with Gasteiger partial charge in [-0.05, 0) is 49.4 Å². The highest BCUT2D eigenvalue weighted by Crippen LogP contribution is 2.48. The molecule has 1 unspecified atom stereocenters. The van der Waals surface area contributed by atoms with Crippen molar-refractivity contribution < 1.29 is 9.53 Å². The molecule has 1 fully saturated rings. The maximum absolute atomic E-state index is 10.6. The van der Waals surface area contributed by atoms with Gasteiger partial charge >= 0.3 is 0 Å². The van der Waals surface area contributed by atoms with Gasteiger partial charge in [0.1, 0.15) is 5.75 Å². The van der Waals surface area contributed by atoms with Gasteiger partial charge in [-0.2, -0.15) is 0 Å². The van der Waals surface area contributed by atoms with E-state index in [1.54, 1.807) is 0 Å². The molecule has 1 aliphatic rings. The van der Waals surface area contributed by atoms with E-state index in [0.29, 0.717) is 17.2 Å². The van der Waals surface area contributed by atoms with Crippen molar-refractivity contribution >= 4 is 11.6 Å². The van der Waals surface area contributed by atoms with Crippen LogP contribution in [0.4, 0.5) is 5.69 Å². The maximum Gasteiger partial charge on any atom is 0.255 e. The quantitative estimate of drug-likeness (QED) is 0.810. The first-order chi connectivity index (χ1) is 8.49. The summed E-state index contributed by atoms with van der Waals surface area (Å²) in [6.07, 6.45) is 2.59. The number of nitrogens with two attached hydrogens (primary N) is 1. The zero-order chi connectivity index (χ0) is 13.2.